The van der Waals surface area contributed by atoms with E-state index in [9.17, 15) is 9.90 Å². The van der Waals surface area contributed by atoms with E-state index in [1.54, 1.807) is 0 Å². The molecule has 3 nitrogen and oxygen atoms in total. The minimum atomic E-state index is -0.512. The van der Waals surface area contributed by atoms with E-state index in [2.05, 4.69) is 5.32 Å². The standard InChI is InChI=1S/C15H21NO2/c1-3-14(2,11-17)16-13(18)15(9-10-15)12-7-5-4-6-8-12/h4-8,17H,3,9-11H2,1-2H3,(H,16,18). The molecule has 0 radical (unpaired) electrons. The Kier molecular flexibility index (Phi) is 3.44. The molecule has 1 fully saturated rings. The molecule has 0 bridgehead atoms. The summed E-state index contributed by atoms with van der Waals surface area (Å²) in [5.74, 6) is 0.0482. The van der Waals surface area contributed by atoms with Gasteiger partial charge in [0.05, 0.1) is 17.6 Å². The van der Waals surface area contributed by atoms with E-state index in [0.717, 1.165) is 24.8 Å². The fourth-order valence-corrected chi connectivity index (χ4v) is 2.16. The average molecular weight is 247 g/mol. The van der Waals surface area contributed by atoms with Crippen molar-refractivity contribution in [1.82, 2.24) is 5.32 Å². The molecule has 1 unspecified atom stereocenters. The zero-order valence-corrected chi connectivity index (χ0v) is 11.1. The van der Waals surface area contributed by atoms with E-state index in [4.69, 9.17) is 0 Å². The van der Waals surface area contributed by atoms with Crippen LogP contribution in [0.4, 0.5) is 0 Å². The van der Waals surface area contributed by atoms with Gasteiger partial charge in [0.1, 0.15) is 0 Å². The van der Waals surface area contributed by atoms with Crippen molar-refractivity contribution < 1.29 is 9.90 Å². The molecule has 1 amide bonds. The van der Waals surface area contributed by atoms with Crippen LogP contribution < -0.4 is 5.32 Å². The van der Waals surface area contributed by atoms with Crippen molar-refractivity contribution in [1.29, 1.82) is 0 Å². The average Bonchev–Trinajstić information content (AvgIpc) is 3.21. The van der Waals surface area contributed by atoms with Crippen LogP contribution in [0, 0.1) is 0 Å². The van der Waals surface area contributed by atoms with E-state index in [-0.39, 0.29) is 17.9 Å². The SMILES string of the molecule is CCC(C)(CO)NC(=O)C1(c2ccccc2)CC1. The van der Waals surface area contributed by atoms with E-state index in [1.807, 2.05) is 44.2 Å². The Morgan fingerprint density at radius 1 is 1.39 bits per heavy atom. The van der Waals surface area contributed by atoms with Crippen molar-refractivity contribution in [2.45, 2.75) is 44.1 Å². The molecule has 0 spiro atoms. The zero-order valence-electron chi connectivity index (χ0n) is 11.1. The van der Waals surface area contributed by atoms with E-state index >= 15 is 0 Å². The van der Waals surface area contributed by atoms with Gasteiger partial charge in [0.25, 0.3) is 0 Å². The topological polar surface area (TPSA) is 49.3 Å². The summed E-state index contributed by atoms with van der Waals surface area (Å²) in [7, 11) is 0. The van der Waals surface area contributed by atoms with Crippen LogP contribution in [-0.4, -0.2) is 23.2 Å². The summed E-state index contributed by atoms with van der Waals surface area (Å²) < 4.78 is 0. The molecule has 18 heavy (non-hydrogen) atoms. The third kappa shape index (κ3) is 2.27. The smallest absolute Gasteiger partial charge is 0.231 e. The van der Waals surface area contributed by atoms with E-state index in [0.29, 0.717) is 0 Å². The lowest BCUT2D eigenvalue weighted by Gasteiger charge is -2.29. The second kappa shape index (κ2) is 4.73. The number of hydrogen-bond acceptors (Lipinski definition) is 2. The molecule has 1 aromatic rings. The highest BCUT2D eigenvalue weighted by molar-refractivity contribution is 5.91. The quantitative estimate of drug-likeness (QED) is 0.836. The largest absolute Gasteiger partial charge is 0.394 e. The summed E-state index contributed by atoms with van der Waals surface area (Å²) >= 11 is 0. The van der Waals surface area contributed by atoms with Crippen LogP contribution in [0.3, 0.4) is 0 Å². The van der Waals surface area contributed by atoms with Crippen LogP contribution in [-0.2, 0) is 10.2 Å². The first-order valence-electron chi connectivity index (χ1n) is 6.55. The minimum absolute atomic E-state index is 0.0277. The maximum atomic E-state index is 12.4. The zero-order chi connectivity index (χ0) is 13.2. The molecule has 98 valence electrons. The second-order valence-corrected chi connectivity index (χ2v) is 5.47. The molecule has 1 saturated carbocycles. The van der Waals surface area contributed by atoms with Gasteiger partial charge in [-0.25, -0.2) is 0 Å². The summed E-state index contributed by atoms with van der Waals surface area (Å²) in [4.78, 5) is 12.4. The lowest BCUT2D eigenvalue weighted by atomic mass is 9.92. The number of carbonyl (C=O) groups is 1. The molecule has 0 aliphatic heterocycles. The molecular formula is C15H21NO2. The number of amides is 1. The van der Waals surface area contributed by atoms with Gasteiger partial charge in [0.15, 0.2) is 0 Å². The maximum absolute atomic E-state index is 12.4. The van der Waals surface area contributed by atoms with Gasteiger partial charge in [0.2, 0.25) is 5.91 Å². The van der Waals surface area contributed by atoms with Crippen molar-refractivity contribution >= 4 is 5.91 Å². The van der Waals surface area contributed by atoms with Gasteiger partial charge >= 0.3 is 0 Å². The minimum Gasteiger partial charge on any atom is -0.394 e. The highest BCUT2D eigenvalue weighted by Gasteiger charge is 2.52. The van der Waals surface area contributed by atoms with Crippen molar-refractivity contribution in [3.63, 3.8) is 0 Å². The number of benzene rings is 1. The van der Waals surface area contributed by atoms with Gasteiger partial charge in [-0.1, -0.05) is 37.3 Å². The summed E-state index contributed by atoms with van der Waals surface area (Å²) in [6.07, 6.45) is 2.52. The van der Waals surface area contributed by atoms with Crippen LogP contribution >= 0.6 is 0 Å². The Bertz CT molecular complexity index is 419. The van der Waals surface area contributed by atoms with Gasteiger partial charge in [-0.3, -0.25) is 4.79 Å². The lowest BCUT2D eigenvalue weighted by Crippen LogP contribution is -2.51. The van der Waals surface area contributed by atoms with Crippen LogP contribution in [0.2, 0.25) is 0 Å². The maximum Gasteiger partial charge on any atom is 0.231 e. The van der Waals surface area contributed by atoms with Gasteiger partial charge in [-0.05, 0) is 31.7 Å². The normalized spacial score (nSPS) is 19.9. The molecule has 2 rings (SSSR count). The molecule has 1 aliphatic rings. The molecule has 3 heteroatoms. The first-order chi connectivity index (χ1) is 8.56. The first kappa shape index (κ1) is 13.1. The Morgan fingerprint density at radius 2 is 2.00 bits per heavy atom. The van der Waals surface area contributed by atoms with Crippen LogP contribution in [0.5, 0.6) is 0 Å². The fourth-order valence-electron chi connectivity index (χ4n) is 2.16. The molecule has 1 aromatic carbocycles. The third-order valence-electron chi connectivity index (χ3n) is 4.06. The van der Waals surface area contributed by atoms with Crippen LogP contribution in [0.25, 0.3) is 0 Å². The van der Waals surface area contributed by atoms with Crippen molar-refractivity contribution in [3.05, 3.63) is 35.9 Å². The molecule has 0 aromatic heterocycles. The fraction of sp³-hybridized carbons (Fsp3) is 0.533. The number of carbonyl (C=O) groups excluding carboxylic acids is 1. The Morgan fingerprint density at radius 3 is 2.44 bits per heavy atom. The first-order valence-corrected chi connectivity index (χ1v) is 6.55. The lowest BCUT2D eigenvalue weighted by molar-refractivity contribution is -0.126. The van der Waals surface area contributed by atoms with Crippen molar-refractivity contribution in [2.24, 2.45) is 0 Å². The molecule has 2 N–H and O–H groups in total. The number of aliphatic hydroxyl groups is 1. The Balaban J connectivity index is 2.15. The summed E-state index contributed by atoms with van der Waals surface area (Å²) in [6, 6.07) is 9.91. The molecular weight excluding hydrogens is 226 g/mol. The van der Waals surface area contributed by atoms with Crippen molar-refractivity contribution in [2.75, 3.05) is 6.61 Å². The number of rotatable bonds is 5. The van der Waals surface area contributed by atoms with E-state index in [1.165, 1.54) is 0 Å². The Labute approximate surface area is 108 Å². The number of nitrogens with one attached hydrogen (secondary N) is 1. The summed E-state index contributed by atoms with van der Waals surface area (Å²) in [5.41, 5.74) is 0.216. The van der Waals surface area contributed by atoms with Crippen LogP contribution in [0.1, 0.15) is 38.7 Å². The highest BCUT2D eigenvalue weighted by Crippen LogP contribution is 2.48. The van der Waals surface area contributed by atoms with Crippen LogP contribution in [0.15, 0.2) is 30.3 Å². The predicted molar refractivity (Wildman–Crippen MR) is 71.3 cm³/mol. The predicted octanol–water partition coefficient (Wildman–Crippen LogP) is 2.00. The number of hydrogen-bond donors (Lipinski definition) is 2. The van der Waals surface area contributed by atoms with E-state index < -0.39 is 5.54 Å². The second-order valence-electron chi connectivity index (χ2n) is 5.47. The molecule has 1 aliphatic carbocycles. The number of aliphatic hydroxyl groups excluding tert-OH is 1. The summed E-state index contributed by atoms with van der Waals surface area (Å²) in [6.45, 7) is 3.82. The molecule has 0 heterocycles. The van der Waals surface area contributed by atoms with Gasteiger partial charge < -0.3 is 10.4 Å². The third-order valence-corrected chi connectivity index (χ3v) is 4.06. The monoisotopic (exact) mass is 247 g/mol. The Hall–Kier alpha value is -1.35. The van der Waals surface area contributed by atoms with Crippen molar-refractivity contribution in [3.8, 4) is 0 Å². The van der Waals surface area contributed by atoms with Gasteiger partial charge in [0, 0.05) is 0 Å². The molecule has 0 saturated heterocycles. The highest BCUT2D eigenvalue weighted by atomic mass is 16.3. The molecule has 1 atom stereocenters. The van der Waals surface area contributed by atoms with Gasteiger partial charge in [-0.15, -0.1) is 0 Å². The summed E-state index contributed by atoms with van der Waals surface area (Å²) in [5, 5.41) is 12.4. The van der Waals surface area contributed by atoms with Gasteiger partial charge in [-0.2, -0.15) is 0 Å².